The lowest BCUT2D eigenvalue weighted by atomic mass is 10.0. The summed E-state index contributed by atoms with van der Waals surface area (Å²) in [6.45, 7) is 2.68. The van der Waals surface area contributed by atoms with Gasteiger partial charge in [-0.1, -0.05) is 36.4 Å². The SMILES string of the molecule is CC(O)c1ccc(-c2ccn(C(O)CC(C)(CNC(=O)c3ccccc3O)S(C)(=O)=O)c(=O)c2)cc1. The first-order chi connectivity index (χ1) is 16.8. The number of aromatic nitrogens is 1. The molecule has 3 unspecified atom stereocenters. The van der Waals surface area contributed by atoms with E-state index >= 15 is 0 Å². The molecule has 0 fully saturated rings. The molecule has 0 bridgehead atoms. The first-order valence-corrected chi connectivity index (χ1v) is 13.2. The number of aliphatic hydroxyl groups excluding tert-OH is 2. The molecule has 0 saturated carbocycles. The third-order valence-corrected chi connectivity index (χ3v) is 8.38. The number of pyridine rings is 1. The Balaban J connectivity index is 1.80. The Hall–Kier alpha value is -3.47. The van der Waals surface area contributed by atoms with Crippen LogP contribution in [0.4, 0.5) is 0 Å². The molecule has 0 saturated heterocycles. The number of benzene rings is 2. The number of nitrogens with one attached hydrogen (secondary N) is 1. The molecule has 1 amide bonds. The van der Waals surface area contributed by atoms with Crippen molar-refractivity contribution in [3.63, 3.8) is 0 Å². The molecule has 1 aromatic heterocycles. The van der Waals surface area contributed by atoms with Crippen molar-refractivity contribution in [3.8, 4) is 16.9 Å². The Morgan fingerprint density at radius 2 is 1.69 bits per heavy atom. The highest BCUT2D eigenvalue weighted by Gasteiger charge is 2.39. The minimum Gasteiger partial charge on any atom is -0.507 e. The summed E-state index contributed by atoms with van der Waals surface area (Å²) in [6, 6.07) is 15.8. The highest BCUT2D eigenvalue weighted by Crippen LogP contribution is 2.27. The molecule has 0 spiro atoms. The van der Waals surface area contributed by atoms with Crippen molar-refractivity contribution in [3.05, 3.63) is 88.3 Å². The molecular formula is C26H30N2O7S. The maximum Gasteiger partial charge on any atom is 0.255 e. The predicted octanol–water partition coefficient (Wildman–Crippen LogP) is 2.39. The zero-order valence-electron chi connectivity index (χ0n) is 20.2. The number of rotatable bonds is 9. The van der Waals surface area contributed by atoms with E-state index < -0.39 is 38.4 Å². The molecule has 0 radical (unpaired) electrons. The standard InChI is InChI=1S/C26H30N2O7S/c1-17(29)18-8-10-19(11-9-18)20-12-13-28(23(31)14-20)24(32)15-26(2,36(3,34)35)16-27-25(33)21-6-4-5-7-22(21)30/h4-14,17,24,29-30,32H,15-16H2,1-3H3,(H,27,33). The number of para-hydroxylation sites is 1. The molecule has 4 N–H and O–H groups in total. The number of aliphatic hydroxyl groups is 2. The van der Waals surface area contributed by atoms with Gasteiger partial charge in [-0.2, -0.15) is 0 Å². The van der Waals surface area contributed by atoms with Crippen LogP contribution in [0.5, 0.6) is 5.75 Å². The Labute approximate surface area is 209 Å². The molecule has 0 aliphatic carbocycles. The number of phenols is 1. The second-order valence-corrected chi connectivity index (χ2v) is 11.6. The first kappa shape index (κ1) is 27.1. The monoisotopic (exact) mass is 514 g/mol. The lowest BCUT2D eigenvalue weighted by Crippen LogP contribution is -2.48. The minimum absolute atomic E-state index is 0.0119. The molecule has 0 aliphatic heterocycles. The average Bonchev–Trinajstić information content (AvgIpc) is 2.82. The van der Waals surface area contributed by atoms with Crippen LogP contribution in [0.2, 0.25) is 0 Å². The van der Waals surface area contributed by atoms with Gasteiger partial charge in [0.05, 0.1) is 16.4 Å². The van der Waals surface area contributed by atoms with Crippen LogP contribution in [0.1, 0.15) is 48.5 Å². The number of sulfone groups is 1. The fourth-order valence-electron chi connectivity index (χ4n) is 3.74. The fraction of sp³-hybridized carbons (Fsp3) is 0.308. The number of nitrogens with zero attached hydrogens (tertiary/aromatic N) is 1. The van der Waals surface area contributed by atoms with E-state index in [1.165, 1.54) is 31.3 Å². The number of phenolic OH excluding ortho intramolecular Hbond substituents is 1. The van der Waals surface area contributed by atoms with Gasteiger partial charge in [0.1, 0.15) is 12.0 Å². The van der Waals surface area contributed by atoms with E-state index in [-0.39, 0.29) is 24.3 Å². The molecule has 3 rings (SSSR count). The number of amides is 1. The summed E-state index contributed by atoms with van der Waals surface area (Å²) in [7, 11) is -3.80. The number of hydrogen-bond acceptors (Lipinski definition) is 7. The minimum atomic E-state index is -3.80. The van der Waals surface area contributed by atoms with Crippen LogP contribution in [-0.2, 0) is 9.84 Å². The quantitative estimate of drug-likeness (QED) is 0.343. The molecule has 3 aromatic rings. The summed E-state index contributed by atoms with van der Waals surface area (Å²) < 4.78 is 24.7. The molecule has 2 aromatic carbocycles. The van der Waals surface area contributed by atoms with E-state index in [1.54, 1.807) is 49.4 Å². The van der Waals surface area contributed by atoms with Gasteiger partial charge in [0, 0.05) is 31.5 Å². The van der Waals surface area contributed by atoms with Gasteiger partial charge < -0.3 is 20.6 Å². The largest absolute Gasteiger partial charge is 0.507 e. The van der Waals surface area contributed by atoms with E-state index in [9.17, 15) is 33.3 Å². The van der Waals surface area contributed by atoms with E-state index in [0.29, 0.717) is 5.56 Å². The van der Waals surface area contributed by atoms with Gasteiger partial charge >= 0.3 is 0 Å². The topological polar surface area (TPSA) is 146 Å². The van der Waals surface area contributed by atoms with E-state index in [4.69, 9.17) is 0 Å². The molecule has 10 heteroatoms. The smallest absolute Gasteiger partial charge is 0.255 e. The van der Waals surface area contributed by atoms with Gasteiger partial charge in [-0.25, -0.2) is 8.42 Å². The van der Waals surface area contributed by atoms with Crippen LogP contribution in [0.15, 0.2) is 71.7 Å². The number of carbonyl (C=O) groups is 1. The summed E-state index contributed by atoms with van der Waals surface area (Å²) in [5.74, 6) is -0.913. The normalized spacial score (nSPS) is 15.0. The highest BCUT2D eigenvalue weighted by molar-refractivity contribution is 7.92. The first-order valence-electron chi connectivity index (χ1n) is 11.3. The summed E-state index contributed by atoms with van der Waals surface area (Å²) in [5.41, 5.74) is 1.53. The van der Waals surface area contributed by atoms with Crippen molar-refractivity contribution in [2.45, 2.75) is 37.3 Å². The van der Waals surface area contributed by atoms with Crippen LogP contribution in [-0.4, -0.2) is 51.8 Å². The van der Waals surface area contributed by atoms with Crippen molar-refractivity contribution < 1.29 is 28.5 Å². The lowest BCUT2D eigenvalue weighted by Gasteiger charge is -2.30. The summed E-state index contributed by atoms with van der Waals surface area (Å²) in [6.07, 6.45) is -0.0849. The van der Waals surface area contributed by atoms with Gasteiger partial charge in [0.25, 0.3) is 11.5 Å². The van der Waals surface area contributed by atoms with Gasteiger partial charge in [0.2, 0.25) is 0 Å². The second kappa shape index (κ2) is 10.7. The van der Waals surface area contributed by atoms with Crippen LogP contribution >= 0.6 is 0 Å². The Bertz CT molecular complexity index is 1400. The number of carbonyl (C=O) groups excluding carboxylic acids is 1. The van der Waals surface area contributed by atoms with Crippen LogP contribution in [0.25, 0.3) is 11.1 Å². The van der Waals surface area contributed by atoms with Crippen LogP contribution < -0.4 is 10.9 Å². The molecular weight excluding hydrogens is 484 g/mol. The van der Waals surface area contributed by atoms with Gasteiger partial charge in [-0.05, 0) is 48.7 Å². The summed E-state index contributed by atoms with van der Waals surface area (Å²) in [5, 5.41) is 32.8. The summed E-state index contributed by atoms with van der Waals surface area (Å²) >= 11 is 0. The van der Waals surface area contributed by atoms with Gasteiger partial charge in [0.15, 0.2) is 9.84 Å². The zero-order valence-corrected chi connectivity index (χ0v) is 21.1. The van der Waals surface area contributed by atoms with E-state index in [2.05, 4.69) is 5.32 Å². The Morgan fingerprint density at radius 3 is 2.25 bits per heavy atom. The van der Waals surface area contributed by atoms with Gasteiger partial charge in [-0.15, -0.1) is 0 Å². The lowest BCUT2D eigenvalue weighted by molar-refractivity contribution is 0.0767. The van der Waals surface area contributed by atoms with E-state index in [0.717, 1.165) is 21.9 Å². The third-order valence-electron chi connectivity index (χ3n) is 6.28. The Morgan fingerprint density at radius 1 is 1.06 bits per heavy atom. The molecule has 3 atom stereocenters. The van der Waals surface area contributed by atoms with Gasteiger partial charge in [-0.3, -0.25) is 14.2 Å². The molecule has 1 heterocycles. The highest BCUT2D eigenvalue weighted by atomic mass is 32.2. The maximum atomic E-state index is 12.8. The number of hydrogen-bond donors (Lipinski definition) is 4. The third kappa shape index (κ3) is 6.01. The molecule has 192 valence electrons. The van der Waals surface area contributed by atoms with Crippen LogP contribution in [0.3, 0.4) is 0 Å². The number of aromatic hydroxyl groups is 1. The second-order valence-electron chi connectivity index (χ2n) is 9.07. The van der Waals surface area contributed by atoms with Crippen molar-refractivity contribution in [2.75, 3.05) is 12.8 Å². The van der Waals surface area contributed by atoms with Crippen molar-refractivity contribution >= 4 is 15.7 Å². The summed E-state index contributed by atoms with van der Waals surface area (Å²) in [4.78, 5) is 25.3. The molecule has 9 nitrogen and oxygen atoms in total. The van der Waals surface area contributed by atoms with Crippen LogP contribution in [0, 0.1) is 0 Å². The molecule has 0 aliphatic rings. The average molecular weight is 515 g/mol. The fourth-order valence-corrected chi connectivity index (χ4v) is 4.52. The van der Waals surface area contributed by atoms with Crippen molar-refractivity contribution in [1.82, 2.24) is 9.88 Å². The van der Waals surface area contributed by atoms with Crippen molar-refractivity contribution in [1.29, 1.82) is 0 Å². The van der Waals surface area contributed by atoms with E-state index in [1.807, 2.05) is 0 Å². The maximum absolute atomic E-state index is 12.8. The Kier molecular flexibility index (Phi) is 8.02. The zero-order chi connectivity index (χ0) is 26.7. The van der Waals surface area contributed by atoms with Crippen molar-refractivity contribution in [2.24, 2.45) is 0 Å². The predicted molar refractivity (Wildman–Crippen MR) is 136 cm³/mol. The molecule has 36 heavy (non-hydrogen) atoms.